The third kappa shape index (κ3) is 3.62. The molecular weight excluding hydrogens is 250 g/mol. The predicted octanol–water partition coefficient (Wildman–Crippen LogP) is 1.37. The summed E-state index contributed by atoms with van der Waals surface area (Å²) >= 11 is 0. The molecule has 0 fully saturated rings. The molecule has 1 aromatic carbocycles. The van der Waals surface area contributed by atoms with Crippen molar-refractivity contribution in [2.45, 2.75) is 6.42 Å². The lowest BCUT2D eigenvalue weighted by molar-refractivity contribution is 0.0951. The maximum Gasteiger partial charge on any atom is 0.251 e. The van der Waals surface area contributed by atoms with Crippen molar-refractivity contribution in [1.82, 2.24) is 10.2 Å². The van der Waals surface area contributed by atoms with Gasteiger partial charge in [0.2, 0.25) is 0 Å². The molecule has 100 valence electrons. The molecule has 0 aromatic heterocycles. The molecule has 1 aromatic rings. The Morgan fingerprint density at radius 1 is 1.44 bits per heavy atom. The van der Waals surface area contributed by atoms with E-state index in [2.05, 4.69) is 10.6 Å². The van der Waals surface area contributed by atoms with E-state index in [0.29, 0.717) is 6.54 Å². The summed E-state index contributed by atoms with van der Waals surface area (Å²) in [6.45, 7) is 2.51. The van der Waals surface area contributed by atoms with E-state index in [9.17, 15) is 4.79 Å². The monoisotopic (exact) mass is 269 g/mol. The van der Waals surface area contributed by atoms with E-state index in [4.69, 9.17) is 0 Å². The quantitative estimate of drug-likeness (QED) is 0.868. The van der Waals surface area contributed by atoms with E-state index in [1.807, 2.05) is 37.2 Å². The van der Waals surface area contributed by atoms with Crippen molar-refractivity contribution in [1.29, 1.82) is 0 Å². The van der Waals surface area contributed by atoms with Crippen molar-refractivity contribution in [3.05, 3.63) is 29.3 Å². The van der Waals surface area contributed by atoms with Crippen molar-refractivity contribution in [3.8, 4) is 0 Å². The number of hydrogen-bond donors (Lipinski definition) is 2. The van der Waals surface area contributed by atoms with Crippen LogP contribution < -0.4 is 10.6 Å². The molecule has 0 aliphatic carbocycles. The standard InChI is InChI=1S/C13H19N3O.ClH/c1-16(2)8-7-15-13(17)11-3-4-12-10(9-11)5-6-14-12;/h3-4,9,14H,5-8H2,1-2H3,(H,15,17);1H. The first kappa shape index (κ1) is 14.8. The van der Waals surface area contributed by atoms with Gasteiger partial charge in [0, 0.05) is 30.9 Å². The number of likely N-dealkylation sites (N-methyl/N-ethyl adjacent to an activating group) is 1. The number of amides is 1. The van der Waals surface area contributed by atoms with Gasteiger partial charge in [-0.05, 0) is 44.3 Å². The fourth-order valence-corrected chi connectivity index (χ4v) is 1.94. The minimum absolute atomic E-state index is 0. The number of anilines is 1. The number of rotatable bonds is 4. The average molecular weight is 270 g/mol. The number of carbonyl (C=O) groups excluding carboxylic acids is 1. The van der Waals surface area contributed by atoms with E-state index >= 15 is 0 Å². The summed E-state index contributed by atoms with van der Waals surface area (Å²) in [4.78, 5) is 13.9. The molecule has 4 nitrogen and oxygen atoms in total. The van der Waals surface area contributed by atoms with Gasteiger partial charge in [-0.1, -0.05) is 0 Å². The molecule has 0 spiro atoms. The van der Waals surface area contributed by atoms with Crippen molar-refractivity contribution in [3.63, 3.8) is 0 Å². The molecule has 1 amide bonds. The van der Waals surface area contributed by atoms with Crippen LogP contribution in [0.4, 0.5) is 5.69 Å². The molecule has 2 rings (SSSR count). The van der Waals surface area contributed by atoms with Crippen LogP contribution in [0.3, 0.4) is 0 Å². The summed E-state index contributed by atoms with van der Waals surface area (Å²) < 4.78 is 0. The first-order valence-corrected chi connectivity index (χ1v) is 5.96. The Balaban J connectivity index is 0.00000162. The Hall–Kier alpha value is -1.26. The van der Waals surface area contributed by atoms with Gasteiger partial charge < -0.3 is 15.5 Å². The molecule has 1 heterocycles. The molecule has 0 radical (unpaired) electrons. The molecular formula is C13H20ClN3O. The number of fused-ring (bicyclic) bond motifs is 1. The minimum Gasteiger partial charge on any atom is -0.384 e. The summed E-state index contributed by atoms with van der Waals surface area (Å²) in [6, 6.07) is 5.85. The van der Waals surface area contributed by atoms with Gasteiger partial charge in [0.05, 0.1) is 0 Å². The van der Waals surface area contributed by atoms with Gasteiger partial charge in [-0.3, -0.25) is 4.79 Å². The zero-order chi connectivity index (χ0) is 12.3. The highest BCUT2D eigenvalue weighted by molar-refractivity contribution is 5.95. The summed E-state index contributed by atoms with van der Waals surface area (Å²) in [5.41, 5.74) is 3.16. The highest BCUT2D eigenvalue weighted by Crippen LogP contribution is 2.22. The Labute approximate surface area is 114 Å². The van der Waals surface area contributed by atoms with Crippen LogP contribution in [0.5, 0.6) is 0 Å². The van der Waals surface area contributed by atoms with Crippen molar-refractivity contribution >= 4 is 24.0 Å². The van der Waals surface area contributed by atoms with Crippen LogP contribution in [0, 0.1) is 0 Å². The second kappa shape index (κ2) is 6.61. The van der Waals surface area contributed by atoms with Crippen LogP contribution in [0.15, 0.2) is 18.2 Å². The van der Waals surface area contributed by atoms with E-state index in [1.54, 1.807) is 0 Å². The van der Waals surface area contributed by atoms with Crippen molar-refractivity contribution in [2.75, 3.05) is 39.0 Å². The van der Waals surface area contributed by atoms with Crippen LogP contribution in [-0.4, -0.2) is 44.5 Å². The highest BCUT2D eigenvalue weighted by Gasteiger charge is 2.12. The lowest BCUT2D eigenvalue weighted by Crippen LogP contribution is -2.31. The lowest BCUT2D eigenvalue weighted by atomic mass is 10.1. The SMILES string of the molecule is CN(C)CCNC(=O)c1ccc2c(c1)CCN2.Cl. The normalized spacial score (nSPS) is 12.6. The Morgan fingerprint density at radius 2 is 2.22 bits per heavy atom. The number of nitrogens with one attached hydrogen (secondary N) is 2. The number of halogens is 1. The summed E-state index contributed by atoms with van der Waals surface area (Å²) in [5.74, 6) is 0.0153. The van der Waals surface area contributed by atoms with Crippen LogP contribution in [0.25, 0.3) is 0 Å². The van der Waals surface area contributed by atoms with Crippen LogP contribution in [0.1, 0.15) is 15.9 Å². The smallest absolute Gasteiger partial charge is 0.251 e. The van der Waals surface area contributed by atoms with Gasteiger partial charge in [0.25, 0.3) is 5.91 Å². The molecule has 0 bridgehead atoms. The molecule has 1 aliphatic rings. The summed E-state index contributed by atoms with van der Waals surface area (Å²) in [6.07, 6.45) is 1.01. The molecule has 0 atom stereocenters. The zero-order valence-electron chi connectivity index (χ0n) is 10.8. The largest absolute Gasteiger partial charge is 0.384 e. The fourth-order valence-electron chi connectivity index (χ4n) is 1.94. The first-order valence-electron chi connectivity index (χ1n) is 5.96. The third-order valence-electron chi connectivity index (χ3n) is 2.92. The van der Waals surface area contributed by atoms with Crippen molar-refractivity contribution < 1.29 is 4.79 Å². The van der Waals surface area contributed by atoms with E-state index in [0.717, 1.165) is 30.8 Å². The zero-order valence-corrected chi connectivity index (χ0v) is 11.6. The van der Waals surface area contributed by atoms with Crippen LogP contribution in [-0.2, 0) is 6.42 Å². The summed E-state index contributed by atoms with van der Waals surface area (Å²) in [5, 5.41) is 6.21. The highest BCUT2D eigenvalue weighted by atomic mass is 35.5. The van der Waals surface area contributed by atoms with E-state index in [1.165, 1.54) is 5.56 Å². The second-order valence-corrected chi connectivity index (χ2v) is 4.61. The fraction of sp³-hybridized carbons (Fsp3) is 0.462. The van der Waals surface area contributed by atoms with Crippen LogP contribution >= 0.6 is 12.4 Å². The second-order valence-electron chi connectivity index (χ2n) is 4.61. The van der Waals surface area contributed by atoms with Gasteiger partial charge in [-0.2, -0.15) is 0 Å². The number of benzene rings is 1. The predicted molar refractivity (Wildman–Crippen MR) is 76.8 cm³/mol. The van der Waals surface area contributed by atoms with Crippen molar-refractivity contribution in [2.24, 2.45) is 0 Å². The number of hydrogen-bond acceptors (Lipinski definition) is 3. The van der Waals surface area contributed by atoms with Gasteiger partial charge in [-0.25, -0.2) is 0 Å². The van der Waals surface area contributed by atoms with E-state index < -0.39 is 0 Å². The lowest BCUT2D eigenvalue weighted by Gasteiger charge is -2.10. The number of nitrogens with zero attached hydrogens (tertiary/aromatic N) is 1. The van der Waals surface area contributed by atoms with Gasteiger partial charge in [-0.15, -0.1) is 12.4 Å². The molecule has 1 aliphatic heterocycles. The maximum absolute atomic E-state index is 11.9. The maximum atomic E-state index is 11.9. The minimum atomic E-state index is 0. The summed E-state index contributed by atoms with van der Waals surface area (Å²) in [7, 11) is 3.99. The Morgan fingerprint density at radius 3 is 2.94 bits per heavy atom. The van der Waals surface area contributed by atoms with Crippen LogP contribution in [0.2, 0.25) is 0 Å². The number of carbonyl (C=O) groups is 1. The van der Waals surface area contributed by atoms with Gasteiger partial charge in [0.1, 0.15) is 0 Å². The molecule has 18 heavy (non-hydrogen) atoms. The first-order chi connectivity index (χ1) is 8.16. The third-order valence-corrected chi connectivity index (χ3v) is 2.92. The molecule has 2 N–H and O–H groups in total. The average Bonchev–Trinajstić information content (AvgIpc) is 2.75. The van der Waals surface area contributed by atoms with Gasteiger partial charge in [0.15, 0.2) is 0 Å². The molecule has 0 unspecified atom stereocenters. The molecule has 0 saturated carbocycles. The Kier molecular flexibility index (Phi) is 5.44. The topological polar surface area (TPSA) is 44.4 Å². The molecule has 0 saturated heterocycles. The molecule has 5 heteroatoms. The van der Waals surface area contributed by atoms with Gasteiger partial charge >= 0.3 is 0 Å². The van der Waals surface area contributed by atoms with E-state index in [-0.39, 0.29) is 18.3 Å². The Bertz CT molecular complexity index is 421.